The molecule has 0 aliphatic carbocycles. The second-order valence-electron chi connectivity index (χ2n) is 4.95. The highest BCUT2D eigenvalue weighted by molar-refractivity contribution is 5.75. The third-order valence-electron chi connectivity index (χ3n) is 2.98. The minimum Gasteiger partial charge on any atom is -0.493 e. The molecule has 0 spiro atoms. The van der Waals surface area contributed by atoms with Gasteiger partial charge < -0.3 is 15.8 Å². The molecule has 4 nitrogen and oxygen atoms in total. The summed E-state index contributed by atoms with van der Waals surface area (Å²) in [5, 5.41) is 2.75. The van der Waals surface area contributed by atoms with Gasteiger partial charge in [-0.3, -0.25) is 4.79 Å². The van der Waals surface area contributed by atoms with E-state index < -0.39 is 0 Å². The van der Waals surface area contributed by atoms with Crippen LogP contribution in [0.1, 0.15) is 44.2 Å². The van der Waals surface area contributed by atoms with Gasteiger partial charge in [0.2, 0.25) is 5.91 Å². The molecule has 1 aromatic rings. The van der Waals surface area contributed by atoms with Crippen LogP contribution in [0.4, 0.5) is 5.69 Å². The van der Waals surface area contributed by atoms with Crippen LogP contribution >= 0.6 is 0 Å². The standard InChI is InChI=1S/C15H24N2O2/c1-5-17-15(18)6-7-19-14-8-11(4)13(16)9-12(14)10(2)3/h8-10H,5-7,16H2,1-4H3,(H,17,18). The Morgan fingerprint density at radius 3 is 2.68 bits per heavy atom. The van der Waals surface area contributed by atoms with Crippen LogP contribution in [0.3, 0.4) is 0 Å². The molecule has 0 bridgehead atoms. The summed E-state index contributed by atoms with van der Waals surface area (Å²) in [5.41, 5.74) is 8.78. The first-order valence-electron chi connectivity index (χ1n) is 6.75. The average Bonchev–Trinajstić information content (AvgIpc) is 2.33. The third-order valence-corrected chi connectivity index (χ3v) is 2.98. The summed E-state index contributed by atoms with van der Waals surface area (Å²) in [6.07, 6.45) is 0.370. The molecule has 0 saturated carbocycles. The summed E-state index contributed by atoms with van der Waals surface area (Å²) >= 11 is 0. The average molecular weight is 264 g/mol. The first-order valence-corrected chi connectivity index (χ1v) is 6.75. The lowest BCUT2D eigenvalue weighted by molar-refractivity contribution is -0.121. The fourth-order valence-corrected chi connectivity index (χ4v) is 1.83. The zero-order valence-electron chi connectivity index (χ0n) is 12.2. The number of benzene rings is 1. The van der Waals surface area contributed by atoms with Gasteiger partial charge in [0, 0.05) is 12.2 Å². The number of carbonyl (C=O) groups is 1. The van der Waals surface area contributed by atoms with Crippen LogP contribution in [0.25, 0.3) is 0 Å². The Morgan fingerprint density at radius 1 is 1.42 bits per heavy atom. The first-order chi connectivity index (χ1) is 8.95. The summed E-state index contributed by atoms with van der Waals surface area (Å²) in [4.78, 5) is 11.4. The lowest BCUT2D eigenvalue weighted by Gasteiger charge is -2.16. The number of ether oxygens (including phenoxy) is 1. The quantitative estimate of drug-likeness (QED) is 0.776. The van der Waals surface area contributed by atoms with Gasteiger partial charge in [-0.1, -0.05) is 13.8 Å². The largest absolute Gasteiger partial charge is 0.493 e. The van der Waals surface area contributed by atoms with Crippen molar-refractivity contribution in [2.45, 2.75) is 40.0 Å². The Bertz CT molecular complexity index is 442. The Labute approximate surface area is 115 Å². The molecule has 19 heavy (non-hydrogen) atoms. The van der Waals surface area contributed by atoms with Crippen molar-refractivity contribution in [2.75, 3.05) is 18.9 Å². The minimum absolute atomic E-state index is 0.0146. The molecular weight excluding hydrogens is 240 g/mol. The molecule has 0 radical (unpaired) electrons. The van der Waals surface area contributed by atoms with Crippen molar-refractivity contribution in [3.05, 3.63) is 23.3 Å². The van der Waals surface area contributed by atoms with Gasteiger partial charge in [0.15, 0.2) is 0 Å². The molecule has 0 fully saturated rings. The zero-order chi connectivity index (χ0) is 14.4. The fraction of sp³-hybridized carbons (Fsp3) is 0.533. The predicted octanol–water partition coefficient (Wildman–Crippen LogP) is 2.61. The number of amides is 1. The number of hydrogen-bond donors (Lipinski definition) is 2. The molecule has 106 valence electrons. The van der Waals surface area contributed by atoms with Gasteiger partial charge in [0.1, 0.15) is 5.75 Å². The van der Waals surface area contributed by atoms with E-state index in [9.17, 15) is 4.79 Å². The summed E-state index contributed by atoms with van der Waals surface area (Å²) < 4.78 is 5.73. The predicted molar refractivity (Wildman–Crippen MR) is 78.5 cm³/mol. The van der Waals surface area contributed by atoms with E-state index in [2.05, 4.69) is 19.2 Å². The molecule has 0 unspecified atom stereocenters. The topological polar surface area (TPSA) is 64.3 Å². The number of anilines is 1. The maximum Gasteiger partial charge on any atom is 0.223 e. The van der Waals surface area contributed by atoms with Crippen LogP contribution in [0.5, 0.6) is 5.75 Å². The highest BCUT2D eigenvalue weighted by Gasteiger charge is 2.11. The van der Waals surface area contributed by atoms with Crippen LogP contribution in [-0.4, -0.2) is 19.1 Å². The van der Waals surface area contributed by atoms with Gasteiger partial charge in [0.05, 0.1) is 13.0 Å². The van der Waals surface area contributed by atoms with Crippen LogP contribution in [0, 0.1) is 6.92 Å². The summed E-state index contributed by atoms with van der Waals surface area (Å²) in [6.45, 7) is 9.09. The van der Waals surface area contributed by atoms with E-state index in [0.717, 1.165) is 22.6 Å². The van der Waals surface area contributed by atoms with E-state index in [-0.39, 0.29) is 5.91 Å². The number of nitrogen functional groups attached to an aromatic ring is 1. The molecule has 3 N–H and O–H groups in total. The maximum atomic E-state index is 11.4. The van der Waals surface area contributed by atoms with Gasteiger partial charge in [0.25, 0.3) is 0 Å². The Kier molecular flexibility index (Phi) is 5.67. The van der Waals surface area contributed by atoms with E-state index in [0.29, 0.717) is 25.5 Å². The molecule has 0 aromatic heterocycles. The van der Waals surface area contributed by atoms with E-state index in [1.54, 1.807) is 0 Å². The van der Waals surface area contributed by atoms with E-state index in [1.807, 2.05) is 26.0 Å². The first kappa shape index (κ1) is 15.3. The van der Waals surface area contributed by atoms with Gasteiger partial charge >= 0.3 is 0 Å². The van der Waals surface area contributed by atoms with Gasteiger partial charge in [-0.25, -0.2) is 0 Å². The Morgan fingerprint density at radius 2 is 2.11 bits per heavy atom. The van der Waals surface area contributed by atoms with Gasteiger partial charge in [-0.2, -0.15) is 0 Å². The van der Waals surface area contributed by atoms with Crippen molar-refractivity contribution in [1.29, 1.82) is 0 Å². The van der Waals surface area contributed by atoms with Crippen molar-refractivity contribution in [3.8, 4) is 5.75 Å². The molecule has 1 aromatic carbocycles. The number of aryl methyl sites for hydroxylation is 1. The molecular formula is C15H24N2O2. The van der Waals surface area contributed by atoms with Crippen molar-refractivity contribution < 1.29 is 9.53 Å². The SMILES string of the molecule is CCNC(=O)CCOc1cc(C)c(N)cc1C(C)C. The summed E-state index contributed by atoms with van der Waals surface area (Å²) in [6, 6.07) is 3.91. The van der Waals surface area contributed by atoms with Crippen LogP contribution in [0.15, 0.2) is 12.1 Å². The highest BCUT2D eigenvalue weighted by Crippen LogP contribution is 2.30. The smallest absolute Gasteiger partial charge is 0.223 e. The fourth-order valence-electron chi connectivity index (χ4n) is 1.83. The Balaban J connectivity index is 2.71. The van der Waals surface area contributed by atoms with E-state index >= 15 is 0 Å². The summed E-state index contributed by atoms with van der Waals surface area (Å²) in [7, 11) is 0. The second kappa shape index (κ2) is 7.02. The number of nitrogens with one attached hydrogen (secondary N) is 1. The molecule has 0 saturated heterocycles. The second-order valence-corrected chi connectivity index (χ2v) is 4.95. The minimum atomic E-state index is 0.0146. The van der Waals surface area contributed by atoms with Crippen molar-refractivity contribution in [1.82, 2.24) is 5.32 Å². The molecule has 0 aliphatic heterocycles. The highest BCUT2D eigenvalue weighted by atomic mass is 16.5. The molecule has 0 atom stereocenters. The summed E-state index contributed by atoms with van der Waals surface area (Å²) in [5.74, 6) is 1.18. The lowest BCUT2D eigenvalue weighted by Crippen LogP contribution is -2.24. The van der Waals surface area contributed by atoms with E-state index in [4.69, 9.17) is 10.5 Å². The van der Waals surface area contributed by atoms with Crippen LogP contribution in [0.2, 0.25) is 0 Å². The number of hydrogen-bond acceptors (Lipinski definition) is 3. The molecule has 0 aliphatic rings. The maximum absolute atomic E-state index is 11.4. The number of nitrogens with two attached hydrogens (primary N) is 1. The number of carbonyl (C=O) groups excluding carboxylic acids is 1. The monoisotopic (exact) mass is 264 g/mol. The number of rotatable bonds is 6. The van der Waals surface area contributed by atoms with Crippen molar-refractivity contribution in [2.24, 2.45) is 0 Å². The molecule has 0 heterocycles. The van der Waals surface area contributed by atoms with Gasteiger partial charge in [-0.15, -0.1) is 0 Å². The van der Waals surface area contributed by atoms with Crippen molar-refractivity contribution >= 4 is 11.6 Å². The zero-order valence-corrected chi connectivity index (χ0v) is 12.2. The van der Waals surface area contributed by atoms with Crippen LogP contribution in [-0.2, 0) is 4.79 Å². The van der Waals surface area contributed by atoms with Crippen LogP contribution < -0.4 is 15.8 Å². The molecule has 4 heteroatoms. The normalized spacial score (nSPS) is 10.6. The molecule has 1 amide bonds. The third kappa shape index (κ3) is 4.47. The van der Waals surface area contributed by atoms with Crippen molar-refractivity contribution in [3.63, 3.8) is 0 Å². The Hall–Kier alpha value is -1.71. The lowest BCUT2D eigenvalue weighted by atomic mass is 9.99. The van der Waals surface area contributed by atoms with E-state index in [1.165, 1.54) is 0 Å². The molecule has 1 rings (SSSR count). The van der Waals surface area contributed by atoms with Gasteiger partial charge in [-0.05, 0) is 43.0 Å².